The highest BCUT2D eigenvalue weighted by molar-refractivity contribution is 9.10. The molecule has 0 aliphatic rings. The van der Waals surface area contributed by atoms with Gasteiger partial charge in [0.15, 0.2) is 5.82 Å². The molecule has 0 aliphatic carbocycles. The molecule has 0 saturated heterocycles. The summed E-state index contributed by atoms with van der Waals surface area (Å²) < 4.78 is 2.60. The van der Waals surface area contributed by atoms with Crippen molar-refractivity contribution in [2.45, 2.75) is 0 Å². The Hall–Kier alpha value is -1.92. The molecule has 1 heterocycles. The first-order valence-electron chi connectivity index (χ1n) is 5.75. The summed E-state index contributed by atoms with van der Waals surface area (Å²) in [6.45, 7) is 0. The van der Waals surface area contributed by atoms with Crippen molar-refractivity contribution in [2.24, 2.45) is 0 Å². The third-order valence-electron chi connectivity index (χ3n) is 2.78. The molecule has 3 rings (SSSR count). The highest BCUT2D eigenvalue weighted by atomic mass is 79.9. The summed E-state index contributed by atoms with van der Waals surface area (Å²) in [6, 6.07) is 13.0. The maximum absolute atomic E-state index is 5.93. The predicted octanol–water partition coefficient (Wildman–Crippen LogP) is 3.33. The molecule has 0 saturated carbocycles. The van der Waals surface area contributed by atoms with Gasteiger partial charge >= 0.3 is 0 Å². The van der Waals surface area contributed by atoms with E-state index in [0.717, 1.165) is 15.7 Å². The first-order valence-corrected chi connectivity index (χ1v) is 6.92. The first-order chi connectivity index (χ1) is 9.65. The molecule has 0 radical (unpaired) electrons. The first kappa shape index (κ1) is 13.1. The van der Waals surface area contributed by atoms with Crippen LogP contribution in [0.3, 0.4) is 0 Å². The number of halogens is 2. The molecule has 5 nitrogen and oxygen atoms in total. The third-order valence-corrected chi connectivity index (χ3v) is 3.61. The van der Waals surface area contributed by atoms with Crippen LogP contribution >= 0.6 is 27.5 Å². The van der Waals surface area contributed by atoms with E-state index in [1.165, 1.54) is 0 Å². The molecule has 2 N–H and O–H groups in total. The summed E-state index contributed by atoms with van der Waals surface area (Å²) in [7, 11) is 0. The molecule has 0 bridgehead atoms. The van der Waals surface area contributed by atoms with Crippen LogP contribution in [0, 0.1) is 0 Å². The Labute approximate surface area is 128 Å². The molecule has 0 fully saturated rings. The number of aromatic nitrogens is 4. The van der Waals surface area contributed by atoms with Gasteiger partial charge in [-0.3, -0.25) is 0 Å². The zero-order valence-corrected chi connectivity index (χ0v) is 12.5. The lowest BCUT2D eigenvalue weighted by Gasteiger charge is -2.06. The minimum Gasteiger partial charge on any atom is -0.398 e. The van der Waals surface area contributed by atoms with Crippen molar-refractivity contribution in [1.82, 2.24) is 20.2 Å². The fraction of sp³-hybridized carbons (Fsp3) is 0. The van der Waals surface area contributed by atoms with Crippen molar-refractivity contribution in [3.63, 3.8) is 0 Å². The van der Waals surface area contributed by atoms with Gasteiger partial charge in [-0.25, -0.2) is 0 Å². The van der Waals surface area contributed by atoms with Gasteiger partial charge < -0.3 is 5.73 Å². The molecule has 100 valence electrons. The van der Waals surface area contributed by atoms with Gasteiger partial charge in [-0.2, -0.15) is 4.68 Å². The zero-order chi connectivity index (χ0) is 14.1. The second-order valence-corrected chi connectivity index (χ2v) is 5.45. The Balaban J connectivity index is 2.12. The van der Waals surface area contributed by atoms with E-state index in [4.69, 9.17) is 17.3 Å². The van der Waals surface area contributed by atoms with E-state index in [-0.39, 0.29) is 0 Å². The van der Waals surface area contributed by atoms with Gasteiger partial charge in [-0.1, -0.05) is 33.6 Å². The smallest absolute Gasteiger partial charge is 0.187 e. The summed E-state index contributed by atoms with van der Waals surface area (Å²) in [5.74, 6) is 0.603. The van der Waals surface area contributed by atoms with E-state index in [0.29, 0.717) is 16.5 Å². The van der Waals surface area contributed by atoms with E-state index in [1.54, 1.807) is 16.8 Å². The Morgan fingerprint density at radius 2 is 2.00 bits per heavy atom. The number of nitrogens with zero attached hydrogens (tertiary/aromatic N) is 4. The van der Waals surface area contributed by atoms with E-state index in [1.807, 2.05) is 30.3 Å². The number of benzene rings is 2. The van der Waals surface area contributed by atoms with E-state index in [9.17, 15) is 0 Å². The van der Waals surface area contributed by atoms with Crippen LogP contribution in [-0.4, -0.2) is 20.2 Å². The number of nitrogen functional groups attached to an aromatic ring is 1. The van der Waals surface area contributed by atoms with Gasteiger partial charge in [0.1, 0.15) is 0 Å². The molecule has 1 aromatic heterocycles. The van der Waals surface area contributed by atoms with Crippen LogP contribution in [0.5, 0.6) is 0 Å². The number of anilines is 1. The maximum atomic E-state index is 5.93. The molecule has 20 heavy (non-hydrogen) atoms. The SMILES string of the molecule is Nc1cc(-c2nnnn2-c2cccc(Br)c2)ccc1Cl. The van der Waals surface area contributed by atoms with Crippen LogP contribution in [0.1, 0.15) is 0 Å². The normalized spacial score (nSPS) is 10.7. The second-order valence-electron chi connectivity index (χ2n) is 4.13. The maximum Gasteiger partial charge on any atom is 0.187 e. The van der Waals surface area contributed by atoms with Gasteiger partial charge in [0.2, 0.25) is 0 Å². The molecule has 7 heteroatoms. The molecule has 0 amide bonds. The average molecular weight is 351 g/mol. The molecule has 0 aliphatic heterocycles. The number of rotatable bonds is 2. The van der Waals surface area contributed by atoms with Crippen LogP contribution < -0.4 is 5.73 Å². The van der Waals surface area contributed by atoms with E-state index in [2.05, 4.69) is 31.5 Å². The van der Waals surface area contributed by atoms with Crippen molar-refractivity contribution < 1.29 is 0 Å². The highest BCUT2D eigenvalue weighted by Gasteiger charge is 2.12. The monoisotopic (exact) mass is 349 g/mol. The number of tetrazole rings is 1. The lowest BCUT2D eigenvalue weighted by atomic mass is 10.2. The minimum atomic E-state index is 0.493. The van der Waals surface area contributed by atoms with Crippen molar-refractivity contribution >= 4 is 33.2 Å². The number of nitrogens with two attached hydrogens (primary N) is 1. The Morgan fingerprint density at radius 3 is 2.75 bits per heavy atom. The van der Waals surface area contributed by atoms with Gasteiger partial charge in [-0.05, 0) is 46.8 Å². The molecule has 0 spiro atoms. The largest absolute Gasteiger partial charge is 0.398 e. The lowest BCUT2D eigenvalue weighted by Crippen LogP contribution is -2.00. The topological polar surface area (TPSA) is 69.6 Å². The van der Waals surface area contributed by atoms with Crippen molar-refractivity contribution in [1.29, 1.82) is 0 Å². The second kappa shape index (κ2) is 5.22. The van der Waals surface area contributed by atoms with Gasteiger partial charge in [0.25, 0.3) is 0 Å². The van der Waals surface area contributed by atoms with Gasteiger partial charge in [-0.15, -0.1) is 5.10 Å². The number of hydrogen-bond donors (Lipinski definition) is 1. The molecule has 0 atom stereocenters. The predicted molar refractivity (Wildman–Crippen MR) is 81.7 cm³/mol. The van der Waals surface area contributed by atoms with Crippen LogP contribution in [-0.2, 0) is 0 Å². The van der Waals surface area contributed by atoms with Gasteiger partial charge in [0, 0.05) is 10.0 Å². The molecule has 0 unspecified atom stereocenters. The third kappa shape index (κ3) is 2.39. The van der Waals surface area contributed by atoms with Crippen LogP contribution in [0.4, 0.5) is 5.69 Å². The van der Waals surface area contributed by atoms with E-state index >= 15 is 0 Å². The standard InChI is InChI=1S/C13H9BrClN5/c14-9-2-1-3-10(7-9)20-13(17-18-19-20)8-4-5-11(15)12(16)6-8/h1-7H,16H2. The van der Waals surface area contributed by atoms with Crippen LogP contribution in [0.15, 0.2) is 46.9 Å². The molecule has 3 aromatic rings. The number of hydrogen-bond acceptors (Lipinski definition) is 4. The Morgan fingerprint density at radius 1 is 1.15 bits per heavy atom. The summed E-state index contributed by atoms with van der Waals surface area (Å²) in [5.41, 5.74) is 7.97. The van der Waals surface area contributed by atoms with Gasteiger partial charge in [0.05, 0.1) is 16.4 Å². The fourth-order valence-electron chi connectivity index (χ4n) is 1.83. The summed E-state index contributed by atoms with van der Waals surface area (Å²) in [5, 5.41) is 12.3. The summed E-state index contributed by atoms with van der Waals surface area (Å²) in [4.78, 5) is 0. The average Bonchev–Trinajstić information content (AvgIpc) is 2.91. The highest BCUT2D eigenvalue weighted by Crippen LogP contribution is 2.26. The summed E-state index contributed by atoms with van der Waals surface area (Å²) >= 11 is 9.36. The fourth-order valence-corrected chi connectivity index (χ4v) is 2.34. The molecular formula is C13H9BrClN5. The van der Waals surface area contributed by atoms with Crippen LogP contribution in [0.25, 0.3) is 17.1 Å². The lowest BCUT2D eigenvalue weighted by molar-refractivity contribution is 0.791. The van der Waals surface area contributed by atoms with Crippen LogP contribution in [0.2, 0.25) is 5.02 Å². The quantitative estimate of drug-likeness (QED) is 0.720. The minimum absolute atomic E-state index is 0.493. The Bertz CT molecular complexity index is 771. The summed E-state index contributed by atoms with van der Waals surface area (Å²) in [6.07, 6.45) is 0. The van der Waals surface area contributed by atoms with E-state index < -0.39 is 0 Å². The Kier molecular flexibility index (Phi) is 3.42. The molecule has 2 aromatic carbocycles. The van der Waals surface area contributed by atoms with Crippen molar-refractivity contribution in [2.75, 3.05) is 5.73 Å². The molecular weight excluding hydrogens is 342 g/mol. The zero-order valence-electron chi connectivity index (χ0n) is 10.2. The van der Waals surface area contributed by atoms with Crippen molar-refractivity contribution in [3.05, 3.63) is 52.0 Å². The van der Waals surface area contributed by atoms with Crippen molar-refractivity contribution in [3.8, 4) is 17.1 Å².